The zero-order valence-electron chi connectivity index (χ0n) is 21.3. The van der Waals surface area contributed by atoms with Gasteiger partial charge in [0.25, 0.3) is 0 Å². The third-order valence-electron chi connectivity index (χ3n) is 6.17. The van der Waals surface area contributed by atoms with E-state index >= 15 is 0 Å². The lowest BCUT2D eigenvalue weighted by atomic mass is 10.1. The van der Waals surface area contributed by atoms with Crippen molar-refractivity contribution >= 4 is 27.5 Å². The van der Waals surface area contributed by atoms with Gasteiger partial charge in [-0.15, -0.1) is 0 Å². The van der Waals surface area contributed by atoms with Gasteiger partial charge in [0, 0.05) is 12.6 Å². The van der Waals surface area contributed by atoms with E-state index in [1.807, 2.05) is 65.0 Å². The maximum Gasteiger partial charge on any atom is 0.244 e. The second-order valence-corrected chi connectivity index (χ2v) is 10.9. The molecule has 2 aromatic rings. The molecule has 1 N–H and O–H groups in total. The second-order valence-electron chi connectivity index (χ2n) is 8.99. The van der Waals surface area contributed by atoms with Gasteiger partial charge in [-0.25, -0.2) is 8.42 Å². The van der Waals surface area contributed by atoms with E-state index in [-0.39, 0.29) is 18.5 Å². The van der Waals surface area contributed by atoms with Gasteiger partial charge in [-0.05, 0) is 63.8 Å². The van der Waals surface area contributed by atoms with Gasteiger partial charge in [-0.2, -0.15) is 0 Å². The summed E-state index contributed by atoms with van der Waals surface area (Å²) in [6.45, 7) is 11.1. The Morgan fingerprint density at radius 3 is 2.18 bits per heavy atom. The van der Waals surface area contributed by atoms with E-state index in [0.29, 0.717) is 5.69 Å². The first-order valence-electron chi connectivity index (χ1n) is 11.5. The van der Waals surface area contributed by atoms with E-state index in [9.17, 15) is 18.0 Å². The molecule has 2 rings (SSSR count). The van der Waals surface area contributed by atoms with Crippen LogP contribution in [0.3, 0.4) is 0 Å². The van der Waals surface area contributed by atoms with Crippen molar-refractivity contribution in [3.8, 4) is 0 Å². The Labute approximate surface area is 204 Å². The number of rotatable bonds is 10. The second kappa shape index (κ2) is 11.5. The maximum absolute atomic E-state index is 13.6. The van der Waals surface area contributed by atoms with Crippen molar-refractivity contribution in [2.24, 2.45) is 0 Å². The minimum absolute atomic E-state index is 0.0336. The molecule has 8 heteroatoms. The van der Waals surface area contributed by atoms with Gasteiger partial charge in [0.15, 0.2) is 0 Å². The van der Waals surface area contributed by atoms with Crippen LogP contribution in [-0.4, -0.2) is 50.0 Å². The van der Waals surface area contributed by atoms with Crippen molar-refractivity contribution in [2.75, 3.05) is 17.1 Å². The standard InChI is InChI=1S/C26H37N3O4S/c1-8-20(4)27-26(31)22(6)28(16-23-14-12-18(2)13-15-23)25(30)17-29(34(7,32)33)24-11-9-10-19(3)21(24)5/h9-15,20,22H,8,16-17H2,1-7H3,(H,27,31). The summed E-state index contributed by atoms with van der Waals surface area (Å²) in [5, 5.41) is 2.93. The predicted molar refractivity (Wildman–Crippen MR) is 137 cm³/mol. The van der Waals surface area contributed by atoms with E-state index in [0.717, 1.165) is 39.2 Å². The van der Waals surface area contributed by atoms with Crippen LogP contribution < -0.4 is 9.62 Å². The third kappa shape index (κ3) is 7.06. The summed E-state index contributed by atoms with van der Waals surface area (Å²) in [4.78, 5) is 27.9. The number of nitrogens with zero attached hydrogens (tertiary/aromatic N) is 2. The van der Waals surface area contributed by atoms with E-state index in [1.54, 1.807) is 19.1 Å². The van der Waals surface area contributed by atoms with Gasteiger partial charge < -0.3 is 10.2 Å². The highest BCUT2D eigenvalue weighted by Gasteiger charge is 2.31. The molecule has 2 atom stereocenters. The van der Waals surface area contributed by atoms with Gasteiger partial charge >= 0.3 is 0 Å². The van der Waals surface area contributed by atoms with Crippen molar-refractivity contribution in [1.29, 1.82) is 0 Å². The van der Waals surface area contributed by atoms with Gasteiger partial charge in [-0.1, -0.05) is 48.9 Å². The average Bonchev–Trinajstić information content (AvgIpc) is 2.77. The fourth-order valence-electron chi connectivity index (χ4n) is 3.54. The zero-order valence-corrected chi connectivity index (χ0v) is 22.1. The normalized spacial score (nSPS) is 13.1. The van der Waals surface area contributed by atoms with Crippen LogP contribution >= 0.6 is 0 Å². The van der Waals surface area contributed by atoms with Crippen molar-refractivity contribution in [3.05, 3.63) is 64.7 Å². The quantitative estimate of drug-likeness (QED) is 0.554. The SMILES string of the molecule is CCC(C)NC(=O)C(C)N(Cc1ccc(C)cc1)C(=O)CN(c1cccc(C)c1C)S(C)(=O)=O. The lowest BCUT2D eigenvalue weighted by Crippen LogP contribution is -2.52. The minimum Gasteiger partial charge on any atom is -0.352 e. The Balaban J connectivity index is 2.42. The smallest absolute Gasteiger partial charge is 0.244 e. The number of nitrogens with one attached hydrogen (secondary N) is 1. The van der Waals surface area contributed by atoms with Crippen LogP contribution in [0.5, 0.6) is 0 Å². The number of carbonyl (C=O) groups is 2. The summed E-state index contributed by atoms with van der Waals surface area (Å²) in [6.07, 6.45) is 1.85. The molecule has 0 aromatic heterocycles. The minimum atomic E-state index is -3.75. The molecule has 0 radical (unpaired) electrons. The average molecular weight is 488 g/mol. The molecule has 0 aliphatic carbocycles. The molecule has 0 bridgehead atoms. The third-order valence-corrected chi connectivity index (χ3v) is 7.29. The Hall–Kier alpha value is -2.87. The first-order chi connectivity index (χ1) is 15.8. The zero-order chi connectivity index (χ0) is 25.6. The molecule has 0 saturated heterocycles. The number of aryl methyl sites for hydroxylation is 2. The van der Waals surface area contributed by atoms with Crippen LogP contribution in [0, 0.1) is 20.8 Å². The molecule has 0 fully saturated rings. The number of carbonyl (C=O) groups excluding carboxylic acids is 2. The van der Waals surface area contributed by atoms with Gasteiger partial charge in [0.2, 0.25) is 21.8 Å². The summed E-state index contributed by atoms with van der Waals surface area (Å²) in [6, 6.07) is 12.3. The summed E-state index contributed by atoms with van der Waals surface area (Å²) in [7, 11) is -3.75. The summed E-state index contributed by atoms with van der Waals surface area (Å²) in [5.41, 5.74) is 4.12. The number of amides is 2. The van der Waals surface area contributed by atoms with E-state index < -0.39 is 28.5 Å². The van der Waals surface area contributed by atoms with Crippen LogP contribution in [0.15, 0.2) is 42.5 Å². The molecule has 2 unspecified atom stereocenters. The first kappa shape index (κ1) is 27.4. The number of anilines is 1. The Morgan fingerprint density at radius 2 is 1.62 bits per heavy atom. The predicted octanol–water partition coefficient (Wildman–Crippen LogP) is 3.71. The maximum atomic E-state index is 13.6. The topological polar surface area (TPSA) is 86.8 Å². The number of benzene rings is 2. The highest BCUT2D eigenvalue weighted by atomic mass is 32.2. The molecule has 0 heterocycles. The molecule has 0 saturated carbocycles. The molecular weight excluding hydrogens is 450 g/mol. The first-order valence-corrected chi connectivity index (χ1v) is 13.4. The number of hydrogen-bond donors (Lipinski definition) is 1. The van der Waals surface area contributed by atoms with E-state index in [1.165, 1.54) is 4.90 Å². The lowest BCUT2D eigenvalue weighted by molar-refractivity contribution is -0.139. The Bertz CT molecular complexity index is 1110. The summed E-state index contributed by atoms with van der Waals surface area (Å²) >= 11 is 0. The van der Waals surface area contributed by atoms with Gasteiger partial charge in [0.1, 0.15) is 12.6 Å². The van der Waals surface area contributed by atoms with E-state index in [2.05, 4.69) is 5.32 Å². The number of hydrogen-bond acceptors (Lipinski definition) is 4. The van der Waals surface area contributed by atoms with Crippen molar-refractivity contribution in [1.82, 2.24) is 10.2 Å². The number of sulfonamides is 1. The van der Waals surface area contributed by atoms with Gasteiger partial charge in [-0.3, -0.25) is 13.9 Å². The molecule has 0 aliphatic heterocycles. The molecule has 2 amide bonds. The largest absolute Gasteiger partial charge is 0.352 e. The fraction of sp³-hybridized carbons (Fsp3) is 0.462. The molecule has 34 heavy (non-hydrogen) atoms. The molecule has 0 aliphatic rings. The van der Waals surface area contributed by atoms with Crippen molar-refractivity contribution in [3.63, 3.8) is 0 Å². The molecule has 2 aromatic carbocycles. The summed E-state index contributed by atoms with van der Waals surface area (Å²) < 4.78 is 26.6. The Kier molecular flexibility index (Phi) is 9.27. The van der Waals surface area contributed by atoms with Gasteiger partial charge in [0.05, 0.1) is 11.9 Å². The fourth-order valence-corrected chi connectivity index (χ4v) is 4.44. The molecule has 186 valence electrons. The van der Waals surface area contributed by atoms with Crippen LogP contribution in [0.25, 0.3) is 0 Å². The highest BCUT2D eigenvalue weighted by molar-refractivity contribution is 7.92. The van der Waals surface area contributed by atoms with Crippen molar-refractivity contribution < 1.29 is 18.0 Å². The molecule has 0 spiro atoms. The van der Waals surface area contributed by atoms with Crippen LogP contribution in [0.1, 0.15) is 49.4 Å². The lowest BCUT2D eigenvalue weighted by Gasteiger charge is -2.32. The van der Waals surface area contributed by atoms with E-state index in [4.69, 9.17) is 0 Å². The Morgan fingerprint density at radius 1 is 1.00 bits per heavy atom. The van der Waals surface area contributed by atoms with Crippen LogP contribution in [0.4, 0.5) is 5.69 Å². The molecular formula is C26H37N3O4S. The van der Waals surface area contributed by atoms with Crippen molar-refractivity contribution in [2.45, 2.75) is 66.6 Å². The van der Waals surface area contributed by atoms with Crippen LogP contribution in [0.2, 0.25) is 0 Å². The summed E-state index contributed by atoms with van der Waals surface area (Å²) in [5.74, 6) is -0.717. The highest BCUT2D eigenvalue weighted by Crippen LogP contribution is 2.25. The monoisotopic (exact) mass is 487 g/mol. The van der Waals surface area contributed by atoms with Crippen LogP contribution in [-0.2, 0) is 26.2 Å². The molecule has 7 nitrogen and oxygen atoms in total.